The summed E-state index contributed by atoms with van der Waals surface area (Å²) in [6, 6.07) is 6.03. The molecule has 0 aromatic heterocycles. The van der Waals surface area contributed by atoms with E-state index in [1.165, 1.54) is 0 Å². The Hall–Kier alpha value is -2.08. The lowest BCUT2D eigenvalue weighted by atomic mass is 9.87. The van der Waals surface area contributed by atoms with Gasteiger partial charge >= 0.3 is 5.97 Å². The molecule has 1 saturated carbocycles. The van der Waals surface area contributed by atoms with Crippen LogP contribution in [0.4, 0.5) is 0 Å². The van der Waals surface area contributed by atoms with Crippen molar-refractivity contribution < 1.29 is 19.5 Å². The van der Waals surface area contributed by atoms with Crippen molar-refractivity contribution in [2.45, 2.75) is 64.0 Å². The summed E-state index contributed by atoms with van der Waals surface area (Å²) in [6.07, 6.45) is 4.09. The first kappa shape index (κ1) is 21.2. The molecule has 1 aliphatic carbocycles. The Morgan fingerprint density at radius 3 is 2.33 bits per heavy atom. The minimum Gasteiger partial charge on any atom is -0.479 e. The minimum atomic E-state index is -1.53. The molecule has 1 aromatic carbocycles. The molecule has 2 rings (SSSR count). The maximum Gasteiger partial charge on any atom is 0.334 e. The number of rotatable bonds is 8. The van der Waals surface area contributed by atoms with Crippen LogP contribution in [0.5, 0.6) is 0 Å². The quantitative estimate of drug-likeness (QED) is 0.630. The zero-order valence-electron chi connectivity index (χ0n) is 15.8. The predicted molar refractivity (Wildman–Crippen MR) is 103 cm³/mol. The average Bonchev–Trinajstić information content (AvgIpc) is 3.15. The molecule has 1 aromatic rings. The Morgan fingerprint density at radius 1 is 1.22 bits per heavy atom. The fourth-order valence-corrected chi connectivity index (χ4v) is 3.72. The molecule has 7 heteroatoms. The Morgan fingerprint density at radius 2 is 1.81 bits per heavy atom. The summed E-state index contributed by atoms with van der Waals surface area (Å²) in [5, 5.41) is 15.8. The van der Waals surface area contributed by atoms with Gasteiger partial charge in [0.15, 0.2) is 5.54 Å². The van der Waals surface area contributed by atoms with Gasteiger partial charge < -0.3 is 15.7 Å². The Balaban J connectivity index is 2.03. The molecule has 0 spiro atoms. The molecule has 0 heterocycles. The summed E-state index contributed by atoms with van der Waals surface area (Å²) >= 11 is 5.89. The van der Waals surface area contributed by atoms with E-state index in [1.54, 1.807) is 38.1 Å². The first-order valence-corrected chi connectivity index (χ1v) is 9.77. The van der Waals surface area contributed by atoms with Crippen LogP contribution in [0, 0.1) is 5.92 Å². The lowest BCUT2D eigenvalue weighted by Crippen LogP contribution is -2.52. The zero-order chi connectivity index (χ0) is 20.0. The van der Waals surface area contributed by atoms with Gasteiger partial charge in [-0.2, -0.15) is 0 Å². The van der Waals surface area contributed by atoms with E-state index >= 15 is 0 Å². The smallest absolute Gasteiger partial charge is 0.334 e. The van der Waals surface area contributed by atoms with Crippen molar-refractivity contribution in [2.75, 3.05) is 0 Å². The third-order valence-corrected chi connectivity index (χ3v) is 5.44. The Labute approximate surface area is 164 Å². The van der Waals surface area contributed by atoms with Gasteiger partial charge in [-0.3, -0.25) is 9.59 Å². The van der Waals surface area contributed by atoms with E-state index < -0.39 is 17.4 Å². The number of carboxylic acids is 1. The topological polar surface area (TPSA) is 95.5 Å². The molecule has 2 amide bonds. The zero-order valence-corrected chi connectivity index (χ0v) is 16.5. The number of amides is 2. The SMILES string of the molecule is CCC(NC(=O)CC(C)NC(=O)C1CCCC1)(C(=O)O)c1ccc(Cl)cc1. The highest BCUT2D eigenvalue weighted by Crippen LogP contribution is 2.27. The standard InChI is InChI=1S/C20H27ClN2O4/c1-3-20(19(26)27,15-8-10-16(21)11-9-15)23-17(24)12-13(2)22-18(25)14-6-4-5-7-14/h8-11,13-14H,3-7,12H2,1-2H3,(H,22,25)(H,23,24)(H,26,27). The lowest BCUT2D eigenvalue weighted by Gasteiger charge is -2.30. The molecular weight excluding hydrogens is 368 g/mol. The van der Waals surface area contributed by atoms with E-state index in [-0.39, 0.29) is 30.7 Å². The number of carbonyl (C=O) groups is 3. The fraction of sp³-hybridized carbons (Fsp3) is 0.550. The molecule has 0 radical (unpaired) electrons. The molecule has 148 valence electrons. The molecular formula is C20H27ClN2O4. The van der Waals surface area contributed by atoms with Gasteiger partial charge in [-0.05, 0) is 43.9 Å². The normalized spacial score (nSPS) is 17.7. The van der Waals surface area contributed by atoms with Gasteiger partial charge in [0.05, 0.1) is 0 Å². The largest absolute Gasteiger partial charge is 0.479 e. The number of carboxylic acid groups (broad SMARTS) is 1. The number of aliphatic carboxylic acids is 1. The van der Waals surface area contributed by atoms with Gasteiger partial charge in [0.1, 0.15) is 0 Å². The first-order chi connectivity index (χ1) is 12.8. The van der Waals surface area contributed by atoms with E-state index in [9.17, 15) is 19.5 Å². The highest BCUT2D eigenvalue weighted by Gasteiger charge is 2.40. The second-order valence-electron chi connectivity index (χ2n) is 7.21. The number of benzene rings is 1. The van der Waals surface area contributed by atoms with Crippen LogP contribution < -0.4 is 10.6 Å². The second-order valence-corrected chi connectivity index (χ2v) is 7.65. The molecule has 27 heavy (non-hydrogen) atoms. The van der Waals surface area contributed by atoms with Gasteiger partial charge in [0.2, 0.25) is 11.8 Å². The summed E-state index contributed by atoms with van der Waals surface area (Å²) in [5.74, 6) is -1.56. The minimum absolute atomic E-state index is 0.0150. The molecule has 6 nitrogen and oxygen atoms in total. The summed E-state index contributed by atoms with van der Waals surface area (Å²) < 4.78 is 0. The maximum absolute atomic E-state index is 12.5. The van der Waals surface area contributed by atoms with Crippen molar-refractivity contribution in [1.82, 2.24) is 10.6 Å². The molecule has 0 aliphatic heterocycles. The van der Waals surface area contributed by atoms with Crippen LogP contribution in [0.2, 0.25) is 5.02 Å². The Kier molecular flexibility index (Phi) is 7.25. The van der Waals surface area contributed by atoms with E-state index in [0.717, 1.165) is 25.7 Å². The van der Waals surface area contributed by atoms with Crippen LogP contribution in [0.25, 0.3) is 0 Å². The monoisotopic (exact) mass is 394 g/mol. The van der Waals surface area contributed by atoms with E-state index in [4.69, 9.17) is 11.6 Å². The van der Waals surface area contributed by atoms with E-state index in [1.807, 2.05) is 0 Å². The molecule has 1 fully saturated rings. The van der Waals surface area contributed by atoms with Crippen molar-refractivity contribution in [1.29, 1.82) is 0 Å². The summed E-state index contributed by atoms with van der Waals surface area (Å²) in [6.45, 7) is 3.46. The van der Waals surface area contributed by atoms with Crippen LogP contribution in [-0.4, -0.2) is 28.9 Å². The van der Waals surface area contributed by atoms with Crippen LogP contribution in [0.15, 0.2) is 24.3 Å². The number of halogens is 1. The summed E-state index contributed by atoms with van der Waals surface area (Å²) in [4.78, 5) is 36.7. The first-order valence-electron chi connectivity index (χ1n) is 9.39. The van der Waals surface area contributed by atoms with Gasteiger partial charge in [0, 0.05) is 23.4 Å². The van der Waals surface area contributed by atoms with E-state index in [0.29, 0.717) is 10.6 Å². The Bertz CT molecular complexity index is 686. The van der Waals surface area contributed by atoms with Crippen molar-refractivity contribution in [3.05, 3.63) is 34.9 Å². The van der Waals surface area contributed by atoms with Gasteiger partial charge in [-0.1, -0.05) is 43.5 Å². The van der Waals surface area contributed by atoms with E-state index in [2.05, 4.69) is 10.6 Å². The maximum atomic E-state index is 12.5. The van der Waals surface area contributed by atoms with Crippen LogP contribution >= 0.6 is 11.6 Å². The number of nitrogens with one attached hydrogen (secondary N) is 2. The third-order valence-electron chi connectivity index (χ3n) is 5.19. The highest BCUT2D eigenvalue weighted by molar-refractivity contribution is 6.30. The molecule has 0 saturated heterocycles. The molecule has 0 bridgehead atoms. The van der Waals surface area contributed by atoms with Crippen LogP contribution in [0.1, 0.15) is 57.9 Å². The number of hydrogen-bond acceptors (Lipinski definition) is 3. The van der Waals surface area contributed by atoms with Gasteiger partial charge in [-0.25, -0.2) is 4.79 Å². The second kappa shape index (κ2) is 9.22. The van der Waals surface area contributed by atoms with Crippen LogP contribution in [-0.2, 0) is 19.9 Å². The van der Waals surface area contributed by atoms with Crippen molar-refractivity contribution >= 4 is 29.4 Å². The summed E-state index contributed by atoms with van der Waals surface area (Å²) in [5.41, 5.74) is -1.07. The van der Waals surface area contributed by atoms with Crippen molar-refractivity contribution in [3.8, 4) is 0 Å². The molecule has 2 atom stereocenters. The molecule has 1 aliphatic rings. The number of hydrogen-bond donors (Lipinski definition) is 3. The molecule has 2 unspecified atom stereocenters. The third kappa shape index (κ3) is 5.22. The van der Waals surface area contributed by atoms with Gasteiger partial charge in [-0.15, -0.1) is 0 Å². The summed E-state index contributed by atoms with van der Waals surface area (Å²) in [7, 11) is 0. The van der Waals surface area contributed by atoms with Crippen molar-refractivity contribution in [2.24, 2.45) is 5.92 Å². The average molecular weight is 395 g/mol. The van der Waals surface area contributed by atoms with Crippen molar-refractivity contribution in [3.63, 3.8) is 0 Å². The lowest BCUT2D eigenvalue weighted by molar-refractivity contribution is -0.148. The predicted octanol–water partition coefficient (Wildman–Crippen LogP) is 3.23. The molecule has 3 N–H and O–H groups in total. The van der Waals surface area contributed by atoms with Gasteiger partial charge in [0.25, 0.3) is 0 Å². The fourth-order valence-electron chi connectivity index (χ4n) is 3.59. The van der Waals surface area contributed by atoms with Crippen LogP contribution in [0.3, 0.4) is 0 Å². The highest BCUT2D eigenvalue weighted by atomic mass is 35.5. The number of carbonyl (C=O) groups excluding carboxylic acids is 2.